The Kier molecular flexibility index (Phi) is 5.85. The molecule has 156 valence electrons. The average Bonchev–Trinajstić information content (AvgIpc) is 3.13. The van der Waals surface area contributed by atoms with Crippen molar-refractivity contribution in [3.8, 4) is 0 Å². The Hall–Kier alpha value is -3.70. The Bertz CT molecular complexity index is 1070. The van der Waals surface area contributed by atoms with Gasteiger partial charge in [0, 0.05) is 11.1 Å². The molecule has 6 nitrogen and oxygen atoms in total. The number of alkyl halides is 6. The molecule has 2 aromatic carbocycles. The predicted molar refractivity (Wildman–Crippen MR) is 97.1 cm³/mol. The van der Waals surface area contributed by atoms with E-state index in [1.807, 2.05) is 0 Å². The molecule has 1 N–H and O–H groups in total. The molecule has 1 heterocycles. The van der Waals surface area contributed by atoms with Crippen LogP contribution in [0, 0.1) is 0 Å². The van der Waals surface area contributed by atoms with Crippen molar-refractivity contribution < 1.29 is 26.3 Å². The minimum atomic E-state index is -4.56. The lowest BCUT2D eigenvalue weighted by Gasteiger charge is -2.09. The Morgan fingerprint density at radius 2 is 1.33 bits per heavy atom. The van der Waals surface area contributed by atoms with Gasteiger partial charge in [-0.1, -0.05) is 36.4 Å². The number of nitrogens with one attached hydrogen (secondary N) is 1. The van der Waals surface area contributed by atoms with Gasteiger partial charge in [0.1, 0.15) is 6.33 Å². The minimum Gasteiger partial charge on any atom is -0.244 e. The normalized spacial score (nSPS) is 12.7. The van der Waals surface area contributed by atoms with E-state index in [0.29, 0.717) is 0 Å². The first-order valence-electron chi connectivity index (χ1n) is 8.22. The standard InChI is InChI=1S/C18H12F6N6/c19-17(20,21)14-7-3-1-5-12(14)9-25-28-16-29-26-11-30(16)27-10-13-6-2-4-8-15(13)18(22,23)24/h1-11H,(H,28,29)/b25-9-,27-10+. The van der Waals surface area contributed by atoms with Crippen LogP contribution in [0.1, 0.15) is 22.3 Å². The molecule has 0 amide bonds. The van der Waals surface area contributed by atoms with Gasteiger partial charge in [-0.25, -0.2) is 5.43 Å². The summed E-state index contributed by atoms with van der Waals surface area (Å²) in [5, 5.41) is 14.7. The lowest BCUT2D eigenvalue weighted by molar-refractivity contribution is -0.138. The molecule has 0 aliphatic carbocycles. The Morgan fingerprint density at radius 1 is 0.800 bits per heavy atom. The zero-order valence-corrected chi connectivity index (χ0v) is 14.9. The summed E-state index contributed by atoms with van der Waals surface area (Å²) in [6.07, 6.45) is -6.13. The van der Waals surface area contributed by atoms with Gasteiger partial charge in [0.2, 0.25) is 0 Å². The number of aromatic nitrogens is 3. The fourth-order valence-corrected chi connectivity index (χ4v) is 2.41. The van der Waals surface area contributed by atoms with Crippen molar-refractivity contribution in [2.45, 2.75) is 12.4 Å². The van der Waals surface area contributed by atoms with Gasteiger partial charge in [-0.05, 0) is 12.1 Å². The first kappa shape index (κ1) is 21.0. The van der Waals surface area contributed by atoms with Gasteiger partial charge in [-0.2, -0.15) is 41.2 Å². The third kappa shape index (κ3) is 5.01. The minimum absolute atomic E-state index is 0.114. The molecule has 0 bridgehead atoms. The number of hydrazone groups is 1. The zero-order valence-electron chi connectivity index (χ0n) is 14.9. The van der Waals surface area contributed by atoms with E-state index in [9.17, 15) is 26.3 Å². The van der Waals surface area contributed by atoms with Crippen molar-refractivity contribution in [1.29, 1.82) is 0 Å². The summed E-state index contributed by atoms with van der Waals surface area (Å²) >= 11 is 0. The molecule has 0 spiro atoms. The van der Waals surface area contributed by atoms with Crippen LogP contribution in [0.3, 0.4) is 0 Å². The molecule has 0 unspecified atom stereocenters. The monoisotopic (exact) mass is 426 g/mol. The maximum absolute atomic E-state index is 13.0. The van der Waals surface area contributed by atoms with Crippen LogP contribution in [0.2, 0.25) is 0 Å². The molecule has 12 heteroatoms. The van der Waals surface area contributed by atoms with E-state index in [0.717, 1.165) is 35.6 Å². The van der Waals surface area contributed by atoms with Crippen LogP contribution < -0.4 is 5.43 Å². The van der Waals surface area contributed by atoms with Crippen LogP contribution in [-0.2, 0) is 12.4 Å². The maximum atomic E-state index is 13.0. The van der Waals surface area contributed by atoms with Gasteiger partial charge in [-0.15, -0.1) is 10.2 Å². The number of hydrogen-bond acceptors (Lipinski definition) is 5. The third-order valence-corrected chi connectivity index (χ3v) is 3.75. The van der Waals surface area contributed by atoms with E-state index in [4.69, 9.17) is 0 Å². The second-order valence-corrected chi connectivity index (χ2v) is 5.78. The van der Waals surface area contributed by atoms with Gasteiger partial charge >= 0.3 is 12.4 Å². The van der Waals surface area contributed by atoms with E-state index in [1.54, 1.807) is 0 Å². The first-order valence-corrected chi connectivity index (χ1v) is 8.22. The number of benzene rings is 2. The summed E-state index contributed by atoms with van der Waals surface area (Å²) in [6.45, 7) is 0. The maximum Gasteiger partial charge on any atom is 0.417 e. The summed E-state index contributed by atoms with van der Waals surface area (Å²) in [4.78, 5) is 0. The molecular weight excluding hydrogens is 414 g/mol. The van der Waals surface area contributed by atoms with Gasteiger partial charge in [0.15, 0.2) is 0 Å². The SMILES string of the molecule is FC(F)(F)c1ccccc1/C=N\Nc1nncn1/N=C/c1ccccc1C(F)(F)F. The molecule has 0 aliphatic heterocycles. The van der Waals surface area contributed by atoms with Gasteiger partial charge in [0.25, 0.3) is 5.95 Å². The van der Waals surface area contributed by atoms with Gasteiger partial charge < -0.3 is 0 Å². The Labute approximate surface area is 165 Å². The van der Waals surface area contributed by atoms with Crippen molar-refractivity contribution in [1.82, 2.24) is 14.9 Å². The smallest absolute Gasteiger partial charge is 0.244 e. The molecule has 0 fully saturated rings. The van der Waals surface area contributed by atoms with E-state index in [-0.39, 0.29) is 17.1 Å². The van der Waals surface area contributed by atoms with E-state index >= 15 is 0 Å². The highest BCUT2D eigenvalue weighted by atomic mass is 19.4. The van der Waals surface area contributed by atoms with Crippen LogP contribution in [0.5, 0.6) is 0 Å². The Balaban J connectivity index is 1.78. The summed E-state index contributed by atoms with van der Waals surface area (Å²) in [7, 11) is 0. The molecule has 0 saturated carbocycles. The molecular formula is C18H12F6N6. The molecule has 0 aliphatic rings. The summed E-state index contributed by atoms with van der Waals surface area (Å²) in [5.74, 6) is -0.114. The molecule has 30 heavy (non-hydrogen) atoms. The molecule has 0 saturated heterocycles. The van der Waals surface area contributed by atoms with Crippen LogP contribution >= 0.6 is 0 Å². The first-order chi connectivity index (χ1) is 14.2. The fraction of sp³-hybridized carbons (Fsp3) is 0.111. The van der Waals surface area contributed by atoms with E-state index < -0.39 is 23.5 Å². The predicted octanol–water partition coefficient (Wildman–Crippen LogP) is 4.64. The van der Waals surface area contributed by atoms with Crippen molar-refractivity contribution in [2.75, 3.05) is 5.43 Å². The zero-order chi connectivity index (χ0) is 21.8. The Morgan fingerprint density at radius 3 is 1.90 bits per heavy atom. The number of anilines is 1. The number of rotatable bonds is 5. The third-order valence-electron chi connectivity index (χ3n) is 3.75. The van der Waals surface area contributed by atoms with E-state index in [1.165, 1.54) is 36.4 Å². The van der Waals surface area contributed by atoms with Crippen molar-refractivity contribution in [3.05, 3.63) is 77.1 Å². The van der Waals surface area contributed by atoms with Crippen LogP contribution in [0.4, 0.5) is 32.3 Å². The second kappa shape index (κ2) is 8.35. The molecule has 3 rings (SSSR count). The number of nitrogens with zero attached hydrogens (tertiary/aromatic N) is 5. The van der Waals surface area contributed by atoms with Gasteiger partial charge in [0.05, 0.1) is 23.6 Å². The highest BCUT2D eigenvalue weighted by Crippen LogP contribution is 2.32. The van der Waals surface area contributed by atoms with Crippen LogP contribution in [-0.4, -0.2) is 27.3 Å². The molecule has 1 aromatic heterocycles. The van der Waals surface area contributed by atoms with Gasteiger partial charge in [-0.3, -0.25) is 0 Å². The lowest BCUT2D eigenvalue weighted by atomic mass is 10.1. The molecule has 0 atom stereocenters. The van der Waals surface area contributed by atoms with Crippen molar-refractivity contribution in [2.24, 2.45) is 10.2 Å². The molecule has 0 radical (unpaired) electrons. The highest BCUT2D eigenvalue weighted by Gasteiger charge is 2.33. The van der Waals surface area contributed by atoms with Crippen LogP contribution in [0.15, 0.2) is 65.1 Å². The summed E-state index contributed by atoms with van der Waals surface area (Å²) < 4.78 is 79.0. The average molecular weight is 426 g/mol. The fourth-order valence-electron chi connectivity index (χ4n) is 2.41. The number of hydrogen-bond donors (Lipinski definition) is 1. The lowest BCUT2D eigenvalue weighted by Crippen LogP contribution is -2.09. The van der Waals surface area contributed by atoms with E-state index in [2.05, 4.69) is 25.8 Å². The summed E-state index contributed by atoms with van der Waals surface area (Å²) in [5.41, 5.74) is 0.228. The quantitative estimate of drug-likeness (QED) is 0.367. The topological polar surface area (TPSA) is 67.5 Å². The largest absolute Gasteiger partial charge is 0.417 e. The van der Waals surface area contributed by atoms with Crippen LogP contribution in [0.25, 0.3) is 0 Å². The van der Waals surface area contributed by atoms with Crippen molar-refractivity contribution >= 4 is 18.4 Å². The number of halogens is 6. The highest BCUT2D eigenvalue weighted by molar-refractivity contribution is 5.83. The second-order valence-electron chi connectivity index (χ2n) is 5.78. The van der Waals surface area contributed by atoms with Crippen molar-refractivity contribution in [3.63, 3.8) is 0 Å². The summed E-state index contributed by atoms with van der Waals surface area (Å²) in [6, 6.07) is 9.62. The molecule has 3 aromatic rings.